The Morgan fingerprint density at radius 2 is 1.97 bits per heavy atom. The zero-order valence-electron chi connectivity index (χ0n) is 16.8. The average Bonchev–Trinajstić information content (AvgIpc) is 3.39. The smallest absolute Gasteiger partial charge is 0.286 e. The van der Waals surface area contributed by atoms with E-state index in [9.17, 15) is 9.59 Å². The zero-order chi connectivity index (χ0) is 20.7. The molecule has 1 unspecified atom stereocenters. The number of carbonyl (C=O) groups is 2. The van der Waals surface area contributed by atoms with Gasteiger partial charge in [0.05, 0.1) is 17.4 Å². The van der Waals surface area contributed by atoms with Gasteiger partial charge in [0.25, 0.3) is 5.24 Å². The predicted molar refractivity (Wildman–Crippen MR) is 113 cm³/mol. The molecule has 1 N–H and O–H groups in total. The first-order valence-corrected chi connectivity index (χ1v) is 11.3. The number of thioether (sulfide) groups is 1. The van der Waals surface area contributed by atoms with Gasteiger partial charge in [-0.15, -0.1) is 0 Å². The summed E-state index contributed by atoms with van der Waals surface area (Å²) in [4.78, 5) is 32.5. The molecule has 2 aromatic heterocycles. The van der Waals surface area contributed by atoms with Gasteiger partial charge in [0.2, 0.25) is 11.8 Å². The first-order chi connectivity index (χ1) is 14.5. The lowest BCUT2D eigenvalue weighted by atomic mass is 9.89. The van der Waals surface area contributed by atoms with Crippen LogP contribution in [-0.4, -0.2) is 26.4 Å². The molecular weight excluding hydrogens is 402 g/mol. The lowest BCUT2D eigenvalue weighted by Gasteiger charge is -2.17. The van der Waals surface area contributed by atoms with E-state index in [1.165, 1.54) is 19.3 Å². The van der Waals surface area contributed by atoms with E-state index in [0.717, 1.165) is 53.0 Å². The molecule has 1 aromatic carbocycles. The van der Waals surface area contributed by atoms with Gasteiger partial charge in [0, 0.05) is 5.92 Å². The molecule has 30 heavy (non-hydrogen) atoms. The molecule has 1 atom stereocenters. The number of hydrogen-bond donors (Lipinski definition) is 1. The van der Waals surface area contributed by atoms with Gasteiger partial charge in [0.1, 0.15) is 11.3 Å². The summed E-state index contributed by atoms with van der Waals surface area (Å²) < 4.78 is 11.9. The van der Waals surface area contributed by atoms with Crippen LogP contribution in [0.2, 0.25) is 0 Å². The second kappa shape index (κ2) is 7.91. The zero-order valence-corrected chi connectivity index (χ0v) is 17.6. The summed E-state index contributed by atoms with van der Waals surface area (Å²) >= 11 is 1.03. The van der Waals surface area contributed by atoms with Crippen molar-refractivity contribution in [3.8, 4) is 0 Å². The fraction of sp³-hybridized carbons (Fsp3) is 0.455. The van der Waals surface area contributed by atoms with Crippen LogP contribution < -0.4 is 5.32 Å². The fourth-order valence-corrected chi connectivity index (χ4v) is 5.11. The lowest BCUT2D eigenvalue weighted by Crippen LogP contribution is -2.25. The molecule has 7 nitrogen and oxygen atoms in total. The number of hydrogen-bond acceptors (Lipinski definition) is 7. The highest BCUT2D eigenvalue weighted by atomic mass is 32.2. The van der Waals surface area contributed by atoms with Crippen LogP contribution in [0.3, 0.4) is 0 Å². The van der Waals surface area contributed by atoms with Gasteiger partial charge in [-0.2, -0.15) is 0 Å². The molecule has 0 radical (unpaired) electrons. The highest BCUT2D eigenvalue weighted by molar-refractivity contribution is 8.15. The normalized spacial score (nSPS) is 20.2. The van der Waals surface area contributed by atoms with Crippen molar-refractivity contribution in [1.29, 1.82) is 0 Å². The van der Waals surface area contributed by atoms with Crippen molar-refractivity contribution in [2.75, 3.05) is 0 Å². The molecule has 1 aliphatic carbocycles. The number of amides is 2. The second-order valence-corrected chi connectivity index (χ2v) is 9.24. The van der Waals surface area contributed by atoms with Crippen LogP contribution in [0.25, 0.3) is 11.1 Å². The van der Waals surface area contributed by atoms with Crippen molar-refractivity contribution in [2.45, 2.75) is 63.0 Å². The number of rotatable bonds is 5. The van der Waals surface area contributed by atoms with Crippen LogP contribution in [0, 0.1) is 6.92 Å². The van der Waals surface area contributed by atoms with E-state index in [0.29, 0.717) is 30.2 Å². The number of aryl methyl sites for hydroxylation is 1. The largest absolute Gasteiger partial charge is 0.445 e. The van der Waals surface area contributed by atoms with Gasteiger partial charge in [-0.25, -0.2) is 9.97 Å². The van der Waals surface area contributed by atoms with E-state index in [1.807, 2.05) is 25.1 Å². The van der Waals surface area contributed by atoms with E-state index in [4.69, 9.17) is 13.8 Å². The van der Waals surface area contributed by atoms with Crippen molar-refractivity contribution in [2.24, 2.45) is 0 Å². The van der Waals surface area contributed by atoms with E-state index < -0.39 is 5.25 Å². The van der Waals surface area contributed by atoms with Gasteiger partial charge < -0.3 is 8.83 Å². The summed E-state index contributed by atoms with van der Waals surface area (Å²) in [7, 11) is 0. The molecule has 2 aliphatic rings. The molecule has 1 saturated heterocycles. The maximum Gasteiger partial charge on any atom is 0.286 e. The van der Waals surface area contributed by atoms with E-state index in [1.54, 1.807) is 0 Å². The van der Waals surface area contributed by atoms with Crippen molar-refractivity contribution in [1.82, 2.24) is 15.3 Å². The summed E-state index contributed by atoms with van der Waals surface area (Å²) in [5.74, 6) is 2.46. The Morgan fingerprint density at radius 1 is 1.13 bits per heavy atom. The summed E-state index contributed by atoms with van der Waals surface area (Å²) in [5.41, 5.74) is 3.26. The third kappa shape index (κ3) is 3.88. The molecule has 3 heterocycles. The van der Waals surface area contributed by atoms with Crippen molar-refractivity contribution < 1.29 is 18.4 Å². The number of nitrogens with one attached hydrogen (secondary N) is 1. The number of nitrogens with zero attached hydrogens (tertiary/aromatic N) is 2. The Hall–Kier alpha value is -2.61. The summed E-state index contributed by atoms with van der Waals surface area (Å²) in [6.45, 7) is 1.95. The molecule has 1 aliphatic heterocycles. The van der Waals surface area contributed by atoms with Gasteiger partial charge in [-0.05, 0) is 43.9 Å². The van der Waals surface area contributed by atoms with Crippen LogP contribution in [0.15, 0.2) is 27.0 Å². The van der Waals surface area contributed by atoms with E-state index >= 15 is 0 Å². The SMILES string of the molecule is Cc1oc(C2CCCCC2)nc1Cc1nc2cc(CC3SC(=O)NC3=O)ccc2o1. The number of benzene rings is 1. The van der Waals surface area contributed by atoms with Crippen molar-refractivity contribution >= 4 is 34.0 Å². The minimum Gasteiger partial charge on any atom is -0.445 e. The van der Waals surface area contributed by atoms with E-state index in [2.05, 4.69) is 10.3 Å². The number of oxazole rings is 2. The maximum atomic E-state index is 11.8. The van der Waals surface area contributed by atoms with Crippen molar-refractivity contribution in [3.63, 3.8) is 0 Å². The van der Waals surface area contributed by atoms with Gasteiger partial charge in [-0.1, -0.05) is 37.1 Å². The monoisotopic (exact) mass is 425 g/mol. The van der Waals surface area contributed by atoms with Crippen molar-refractivity contribution in [3.05, 3.63) is 47.0 Å². The Morgan fingerprint density at radius 3 is 2.73 bits per heavy atom. The molecule has 156 valence electrons. The first kappa shape index (κ1) is 19.4. The Bertz CT molecular complexity index is 1110. The van der Waals surface area contributed by atoms with Gasteiger partial charge >= 0.3 is 0 Å². The maximum absolute atomic E-state index is 11.8. The Kier molecular flexibility index (Phi) is 5.10. The molecule has 8 heteroatoms. The quantitative estimate of drug-likeness (QED) is 0.635. The summed E-state index contributed by atoms with van der Waals surface area (Å²) in [5, 5.41) is 1.64. The number of fused-ring (bicyclic) bond motifs is 1. The predicted octanol–water partition coefficient (Wildman–Crippen LogP) is 4.66. The van der Waals surface area contributed by atoms with Gasteiger partial charge in [0.15, 0.2) is 11.5 Å². The number of carbonyl (C=O) groups excluding carboxylic acids is 2. The molecule has 1 saturated carbocycles. The topological polar surface area (TPSA) is 98.2 Å². The first-order valence-electron chi connectivity index (χ1n) is 10.4. The molecule has 0 bridgehead atoms. The van der Waals surface area contributed by atoms with E-state index in [-0.39, 0.29) is 11.1 Å². The van der Waals surface area contributed by atoms with Crippen LogP contribution in [-0.2, 0) is 17.6 Å². The Balaban J connectivity index is 1.32. The third-order valence-corrected chi connectivity index (χ3v) is 6.85. The summed E-state index contributed by atoms with van der Waals surface area (Å²) in [6.07, 6.45) is 7.04. The number of imide groups is 1. The van der Waals surface area contributed by atoms with Crippen LogP contribution in [0.4, 0.5) is 4.79 Å². The average molecular weight is 426 g/mol. The second-order valence-electron chi connectivity index (χ2n) is 8.06. The van der Waals surface area contributed by atoms with Gasteiger partial charge in [-0.3, -0.25) is 14.9 Å². The minimum atomic E-state index is -0.391. The molecule has 2 amide bonds. The number of aromatic nitrogens is 2. The minimum absolute atomic E-state index is 0.235. The molecular formula is C22H23N3O4S. The standard InChI is InChI=1S/C22H23N3O4S/c1-12-15(24-21(28-12)14-5-3-2-4-6-14)11-19-23-16-9-13(7-8-17(16)29-19)10-18-20(26)25-22(27)30-18/h7-9,14,18H,2-6,10-11H2,1H3,(H,25,26,27). The van der Waals surface area contributed by atoms with Crippen LogP contribution in [0.1, 0.15) is 66.8 Å². The molecule has 5 rings (SSSR count). The lowest BCUT2D eigenvalue weighted by molar-refractivity contribution is -0.118. The molecule has 2 fully saturated rings. The molecule has 3 aromatic rings. The van der Waals surface area contributed by atoms with Crippen LogP contribution in [0.5, 0.6) is 0 Å². The third-order valence-electron chi connectivity index (χ3n) is 5.87. The fourth-order valence-electron chi connectivity index (χ4n) is 4.25. The summed E-state index contributed by atoms with van der Waals surface area (Å²) in [6, 6.07) is 5.70. The Labute approximate surface area is 178 Å². The highest BCUT2D eigenvalue weighted by Crippen LogP contribution is 2.33. The molecule has 0 spiro atoms. The van der Waals surface area contributed by atoms with Crippen LogP contribution >= 0.6 is 11.8 Å². The highest BCUT2D eigenvalue weighted by Gasteiger charge is 2.31.